The fraction of sp³-hybridized carbons (Fsp3) is 0.200. The molecule has 8 nitrogen and oxygen atoms in total. The number of carbonyl (C=O) groups excluding carboxylic acids is 1. The van der Waals surface area contributed by atoms with Crippen LogP contribution >= 0.6 is 0 Å². The first-order chi connectivity index (χ1) is 13.5. The maximum atomic E-state index is 12.1. The Bertz CT molecular complexity index is 1120. The Morgan fingerprint density at radius 1 is 1.18 bits per heavy atom. The number of esters is 1. The van der Waals surface area contributed by atoms with Crippen LogP contribution in [0.1, 0.15) is 17.0 Å². The van der Waals surface area contributed by atoms with Crippen LogP contribution in [0.2, 0.25) is 0 Å². The van der Waals surface area contributed by atoms with E-state index in [4.69, 9.17) is 4.74 Å². The molecular weight excluding hydrogens is 360 g/mol. The summed E-state index contributed by atoms with van der Waals surface area (Å²) in [5.74, 6) is 0.00814. The molecule has 3 aromatic rings. The fourth-order valence-corrected chi connectivity index (χ4v) is 2.70. The molecule has 0 radical (unpaired) electrons. The van der Waals surface area contributed by atoms with E-state index < -0.39 is 17.2 Å². The topological polar surface area (TPSA) is 88.1 Å². The number of aromatic nitrogens is 4. The number of hydrogen-bond acceptors (Lipinski definition) is 5. The van der Waals surface area contributed by atoms with Crippen LogP contribution in [0, 0.1) is 0 Å². The number of ether oxygens (including phenoxy) is 1. The molecule has 1 aromatic carbocycles. The second-order valence-corrected chi connectivity index (χ2v) is 6.24. The highest BCUT2D eigenvalue weighted by Crippen LogP contribution is 2.07. The van der Waals surface area contributed by atoms with E-state index in [1.54, 1.807) is 6.20 Å². The predicted molar refractivity (Wildman–Crippen MR) is 104 cm³/mol. The van der Waals surface area contributed by atoms with Gasteiger partial charge < -0.3 is 13.9 Å². The molecule has 0 aliphatic rings. The van der Waals surface area contributed by atoms with Crippen LogP contribution in [0.3, 0.4) is 0 Å². The molecular formula is C20H20N4O4. The van der Waals surface area contributed by atoms with Crippen molar-refractivity contribution in [3.05, 3.63) is 92.8 Å². The number of imidazole rings is 1. The van der Waals surface area contributed by atoms with E-state index in [1.165, 1.54) is 30.9 Å². The van der Waals surface area contributed by atoms with E-state index in [0.717, 1.165) is 16.2 Å². The Labute approximate surface area is 161 Å². The lowest BCUT2D eigenvalue weighted by atomic mass is 10.2. The van der Waals surface area contributed by atoms with Crippen molar-refractivity contribution in [3.8, 4) is 0 Å². The van der Waals surface area contributed by atoms with Crippen molar-refractivity contribution in [1.82, 2.24) is 18.7 Å². The molecule has 0 bridgehead atoms. The van der Waals surface area contributed by atoms with Crippen LogP contribution in [-0.2, 0) is 36.8 Å². The van der Waals surface area contributed by atoms with Crippen LogP contribution in [-0.4, -0.2) is 24.7 Å². The zero-order chi connectivity index (χ0) is 20.1. The van der Waals surface area contributed by atoms with Gasteiger partial charge in [-0.15, -0.1) is 0 Å². The molecule has 0 saturated carbocycles. The van der Waals surface area contributed by atoms with Crippen molar-refractivity contribution < 1.29 is 9.53 Å². The third-order valence-corrected chi connectivity index (χ3v) is 4.21. The minimum atomic E-state index is -0.606. The molecule has 3 rings (SSSR count). The molecule has 28 heavy (non-hydrogen) atoms. The first kappa shape index (κ1) is 19.1. The highest BCUT2D eigenvalue weighted by Gasteiger charge is 2.08. The SMILES string of the molecule is Cn1cc(/C=C/C(=O)OCc2nccn2Cc2ccccc2)c(=O)n(C)c1=O. The summed E-state index contributed by atoms with van der Waals surface area (Å²) in [7, 11) is 2.91. The van der Waals surface area contributed by atoms with Gasteiger partial charge in [-0.3, -0.25) is 9.36 Å². The van der Waals surface area contributed by atoms with Gasteiger partial charge in [0, 0.05) is 45.3 Å². The molecule has 0 spiro atoms. The molecule has 0 atom stereocenters. The summed E-state index contributed by atoms with van der Waals surface area (Å²) in [5, 5.41) is 0. The number of hydrogen-bond donors (Lipinski definition) is 0. The predicted octanol–water partition coefficient (Wildman–Crippen LogP) is 1.09. The average Bonchev–Trinajstić information content (AvgIpc) is 3.14. The van der Waals surface area contributed by atoms with Crippen LogP contribution in [0.4, 0.5) is 0 Å². The lowest BCUT2D eigenvalue weighted by Gasteiger charge is -2.08. The van der Waals surface area contributed by atoms with Gasteiger partial charge in [-0.05, 0) is 11.6 Å². The smallest absolute Gasteiger partial charge is 0.331 e. The van der Waals surface area contributed by atoms with E-state index in [2.05, 4.69) is 4.98 Å². The van der Waals surface area contributed by atoms with Crippen molar-refractivity contribution in [3.63, 3.8) is 0 Å². The van der Waals surface area contributed by atoms with E-state index in [9.17, 15) is 14.4 Å². The standard InChI is InChI=1S/C20H20N4O4/c1-22-13-16(19(26)23(2)20(22)27)8-9-18(25)28-14-17-21-10-11-24(17)12-15-6-4-3-5-7-15/h3-11,13H,12,14H2,1-2H3/b9-8+. The zero-order valence-electron chi connectivity index (χ0n) is 15.6. The van der Waals surface area contributed by atoms with Crippen molar-refractivity contribution in [2.45, 2.75) is 13.2 Å². The minimum absolute atomic E-state index is 0.00823. The van der Waals surface area contributed by atoms with E-state index in [0.29, 0.717) is 12.4 Å². The number of carbonyl (C=O) groups is 1. The average molecular weight is 380 g/mol. The van der Waals surface area contributed by atoms with Crippen LogP contribution in [0.25, 0.3) is 6.08 Å². The molecule has 0 unspecified atom stereocenters. The molecule has 0 saturated heterocycles. The Balaban J connectivity index is 1.64. The van der Waals surface area contributed by atoms with Gasteiger partial charge in [-0.25, -0.2) is 14.6 Å². The number of nitrogens with zero attached hydrogens (tertiary/aromatic N) is 4. The molecule has 2 aromatic heterocycles. The first-order valence-corrected chi connectivity index (χ1v) is 8.61. The Hall–Kier alpha value is -3.68. The van der Waals surface area contributed by atoms with Crippen molar-refractivity contribution in [1.29, 1.82) is 0 Å². The van der Waals surface area contributed by atoms with E-state index in [-0.39, 0.29) is 12.2 Å². The molecule has 8 heteroatoms. The van der Waals surface area contributed by atoms with Gasteiger partial charge in [-0.1, -0.05) is 30.3 Å². The monoisotopic (exact) mass is 380 g/mol. The highest BCUT2D eigenvalue weighted by atomic mass is 16.5. The number of benzene rings is 1. The summed E-state index contributed by atoms with van der Waals surface area (Å²) in [6.45, 7) is 0.631. The summed E-state index contributed by atoms with van der Waals surface area (Å²) in [6.07, 6.45) is 7.34. The Morgan fingerprint density at radius 3 is 2.68 bits per heavy atom. The largest absolute Gasteiger partial charge is 0.454 e. The number of aryl methyl sites for hydroxylation is 1. The molecule has 144 valence electrons. The Kier molecular flexibility index (Phi) is 5.69. The second-order valence-electron chi connectivity index (χ2n) is 6.24. The normalized spacial score (nSPS) is 11.1. The maximum absolute atomic E-state index is 12.1. The molecule has 0 aliphatic carbocycles. The molecule has 0 N–H and O–H groups in total. The van der Waals surface area contributed by atoms with Crippen molar-refractivity contribution >= 4 is 12.0 Å². The van der Waals surface area contributed by atoms with Crippen molar-refractivity contribution in [2.75, 3.05) is 0 Å². The van der Waals surface area contributed by atoms with Crippen LogP contribution < -0.4 is 11.2 Å². The minimum Gasteiger partial charge on any atom is -0.454 e. The van der Waals surface area contributed by atoms with Gasteiger partial charge in [-0.2, -0.15) is 0 Å². The first-order valence-electron chi connectivity index (χ1n) is 8.61. The lowest BCUT2D eigenvalue weighted by molar-refractivity contribution is -0.139. The van der Waals surface area contributed by atoms with Crippen molar-refractivity contribution in [2.24, 2.45) is 14.1 Å². The molecule has 0 amide bonds. The summed E-state index contributed by atoms with van der Waals surface area (Å²) >= 11 is 0. The molecule has 0 fully saturated rings. The van der Waals surface area contributed by atoms with Gasteiger partial charge in [0.2, 0.25) is 0 Å². The summed E-state index contributed by atoms with van der Waals surface area (Å²) in [5.41, 5.74) is 0.408. The third-order valence-electron chi connectivity index (χ3n) is 4.21. The molecule has 0 aliphatic heterocycles. The van der Waals surface area contributed by atoms with Crippen LogP contribution in [0.5, 0.6) is 0 Å². The van der Waals surface area contributed by atoms with Gasteiger partial charge in [0.05, 0.1) is 5.56 Å². The van der Waals surface area contributed by atoms with Gasteiger partial charge in [0.1, 0.15) is 12.4 Å². The quantitative estimate of drug-likeness (QED) is 0.472. The Morgan fingerprint density at radius 2 is 1.93 bits per heavy atom. The van der Waals surface area contributed by atoms with Gasteiger partial charge >= 0.3 is 11.7 Å². The van der Waals surface area contributed by atoms with Crippen LogP contribution in [0.15, 0.2) is 64.6 Å². The fourth-order valence-electron chi connectivity index (χ4n) is 2.70. The van der Waals surface area contributed by atoms with E-state index >= 15 is 0 Å². The third kappa shape index (κ3) is 4.35. The van der Waals surface area contributed by atoms with E-state index in [1.807, 2.05) is 41.1 Å². The van der Waals surface area contributed by atoms with Gasteiger partial charge in [0.15, 0.2) is 0 Å². The summed E-state index contributed by atoms with van der Waals surface area (Å²) in [6, 6.07) is 9.88. The highest BCUT2D eigenvalue weighted by molar-refractivity contribution is 5.86. The summed E-state index contributed by atoms with van der Waals surface area (Å²) < 4.78 is 9.37. The lowest BCUT2D eigenvalue weighted by Crippen LogP contribution is -2.37. The number of rotatable bonds is 6. The maximum Gasteiger partial charge on any atom is 0.331 e. The second kappa shape index (κ2) is 8.34. The molecule has 2 heterocycles. The summed E-state index contributed by atoms with van der Waals surface area (Å²) in [4.78, 5) is 40.0. The zero-order valence-corrected chi connectivity index (χ0v) is 15.6. The van der Waals surface area contributed by atoms with Gasteiger partial charge in [0.25, 0.3) is 5.56 Å².